The van der Waals surface area contributed by atoms with E-state index in [1.54, 1.807) is 0 Å². The predicted octanol–water partition coefficient (Wildman–Crippen LogP) is 5.57. The summed E-state index contributed by atoms with van der Waals surface area (Å²) in [6, 6.07) is 0. The summed E-state index contributed by atoms with van der Waals surface area (Å²) in [4.78, 5) is 14.2. The van der Waals surface area contributed by atoms with E-state index in [4.69, 9.17) is 4.74 Å². The molecule has 0 saturated carbocycles. The van der Waals surface area contributed by atoms with Crippen molar-refractivity contribution >= 4 is 5.97 Å². The first-order valence-corrected chi connectivity index (χ1v) is 10.1. The number of carbonyl (C=O) groups excluding carboxylic acids is 1. The van der Waals surface area contributed by atoms with Crippen molar-refractivity contribution in [1.82, 2.24) is 4.90 Å². The van der Waals surface area contributed by atoms with Gasteiger partial charge in [-0.1, -0.05) is 78.6 Å². The molecule has 0 radical (unpaired) electrons. The summed E-state index contributed by atoms with van der Waals surface area (Å²) in [5.74, 6) is -0.0415. The average molecular weight is 328 g/mol. The molecule has 0 atom stereocenters. The van der Waals surface area contributed by atoms with Gasteiger partial charge < -0.3 is 4.74 Å². The molecule has 0 heterocycles. The van der Waals surface area contributed by atoms with Crippen molar-refractivity contribution in [2.45, 2.75) is 97.8 Å². The topological polar surface area (TPSA) is 29.5 Å². The van der Waals surface area contributed by atoms with Crippen LogP contribution in [-0.2, 0) is 9.53 Å². The van der Waals surface area contributed by atoms with Crippen LogP contribution in [0.3, 0.4) is 0 Å². The smallest absolute Gasteiger partial charge is 0.320 e. The van der Waals surface area contributed by atoms with Crippen LogP contribution in [0.5, 0.6) is 0 Å². The van der Waals surface area contributed by atoms with Crippen LogP contribution in [-0.4, -0.2) is 37.1 Å². The number of unbranched alkanes of at least 4 members (excludes halogenated alkanes) is 9. The monoisotopic (exact) mass is 327 g/mol. The lowest BCUT2D eigenvalue weighted by Crippen LogP contribution is -2.33. The van der Waals surface area contributed by atoms with Gasteiger partial charge in [0.1, 0.15) is 0 Å². The van der Waals surface area contributed by atoms with E-state index >= 15 is 0 Å². The third kappa shape index (κ3) is 16.1. The minimum Gasteiger partial charge on any atom is -0.465 e. The summed E-state index contributed by atoms with van der Waals surface area (Å²) in [5.41, 5.74) is 0. The molecule has 3 heteroatoms. The van der Waals surface area contributed by atoms with E-state index in [9.17, 15) is 4.79 Å². The van der Waals surface area contributed by atoms with Crippen LogP contribution in [0.15, 0.2) is 0 Å². The van der Waals surface area contributed by atoms with Gasteiger partial charge in [0.15, 0.2) is 0 Å². The molecular weight excluding hydrogens is 286 g/mol. The van der Waals surface area contributed by atoms with Crippen molar-refractivity contribution in [3.05, 3.63) is 0 Å². The molecule has 0 spiro atoms. The molecule has 0 N–H and O–H groups in total. The molecule has 0 aliphatic carbocycles. The molecule has 0 aromatic carbocycles. The Morgan fingerprint density at radius 3 is 1.70 bits per heavy atom. The molecule has 0 aliphatic heterocycles. The minimum atomic E-state index is -0.0415. The highest BCUT2D eigenvalue weighted by Gasteiger charge is 2.10. The lowest BCUT2D eigenvalue weighted by Gasteiger charge is -2.20. The highest BCUT2D eigenvalue weighted by atomic mass is 16.5. The van der Waals surface area contributed by atoms with E-state index in [1.807, 2.05) is 0 Å². The highest BCUT2D eigenvalue weighted by Crippen LogP contribution is 2.08. The first-order valence-electron chi connectivity index (χ1n) is 10.1. The molecule has 23 heavy (non-hydrogen) atoms. The Bertz CT molecular complexity index is 248. The lowest BCUT2D eigenvalue weighted by atomic mass is 10.1. The van der Waals surface area contributed by atoms with Crippen LogP contribution in [0.1, 0.15) is 97.8 Å². The second kappa shape index (κ2) is 17.8. The normalized spacial score (nSPS) is 11.1. The average Bonchev–Trinajstić information content (AvgIpc) is 2.55. The fraction of sp³-hybridized carbons (Fsp3) is 0.950. The molecule has 3 nitrogen and oxygen atoms in total. The standard InChI is InChI=1S/C20H41NO2/c1-4-7-10-11-12-13-14-15-18-23-20(22)19-21(16-8-5-2)17-9-6-3/h4-19H2,1-3H3. The van der Waals surface area contributed by atoms with Crippen LogP contribution in [0.2, 0.25) is 0 Å². The van der Waals surface area contributed by atoms with Crippen molar-refractivity contribution in [3.8, 4) is 0 Å². The Balaban J connectivity index is 3.58. The Labute approximate surface area is 145 Å². The van der Waals surface area contributed by atoms with Gasteiger partial charge in [0.2, 0.25) is 0 Å². The van der Waals surface area contributed by atoms with Gasteiger partial charge in [0.05, 0.1) is 13.2 Å². The molecule has 0 amide bonds. The third-order valence-corrected chi connectivity index (χ3v) is 4.27. The number of carbonyl (C=O) groups is 1. The van der Waals surface area contributed by atoms with E-state index in [2.05, 4.69) is 25.7 Å². The van der Waals surface area contributed by atoms with Gasteiger partial charge >= 0.3 is 5.97 Å². The van der Waals surface area contributed by atoms with Gasteiger partial charge in [-0.05, 0) is 32.4 Å². The van der Waals surface area contributed by atoms with Crippen molar-refractivity contribution in [1.29, 1.82) is 0 Å². The SMILES string of the molecule is CCCCCCCCCCOC(=O)CN(CCCC)CCCC. The molecule has 0 aromatic heterocycles. The third-order valence-electron chi connectivity index (χ3n) is 4.27. The summed E-state index contributed by atoms with van der Waals surface area (Å²) < 4.78 is 5.40. The molecule has 0 aromatic rings. The van der Waals surface area contributed by atoms with Gasteiger partial charge in [-0.2, -0.15) is 0 Å². The van der Waals surface area contributed by atoms with E-state index < -0.39 is 0 Å². The maximum Gasteiger partial charge on any atom is 0.320 e. The number of ether oxygens (including phenoxy) is 1. The summed E-state index contributed by atoms with van der Waals surface area (Å²) in [6.07, 6.45) is 14.9. The van der Waals surface area contributed by atoms with E-state index in [0.717, 1.165) is 32.4 Å². The number of hydrogen-bond donors (Lipinski definition) is 0. The summed E-state index contributed by atoms with van der Waals surface area (Å²) >= 11 is 0. The molecule has 138 valence electrons. The van der Waals surface area contributed by atoms with Crippen molar-refractivity contribution in [3.63, 3.8) is 0 Å². The van der Waals surface area contributed by atoms with Crippen LogP contribution in [0.4, 0.5) is 0 Å². The summed E-state index contributed by atoms with van der Waals surface area (Å²) in [5, 5.41) is 0. The van der Waals surface area contributed by atoms with Crippen molar-refractivity contribution in [2.24, 2.45) is 0 Å². The highest BCUT2D eigenvalue weighted by molar-refractivity contribution is 5.71. The summed E-state index contributed by atoms with van der Waals surface area (Å²) in [6.45, 7) is 9.74. The van der Waals surface area contributed by atoms with E-state index in [-0.39, 0.29) is 5.97 Å². The quantitative estimate of drug-likeness (QED) is 0.258. The largest absolute Gasteiger partial charge is 0.465 e. The van der Waals surface area contributed by atoms with Gasteiger partial charge in [-0.15, -0.1) is 0 Å². The van der Waals surface area contributed by atoms with Gasteiger partial charge in [-0.3, -0.25) is 9.69 Å². The minimum absolute atomic E-state index is 0.0415. The lowest BCUT2D eigenvalue weighted by molar-refractivity contribution is -0.145. The second-order valence-electron chi connectivity index (χ2n) is 6.68. The Morgan fingerprint density at radius 2 is 1.17 bits per heavy atom. The zero-order valence-corrected chi connectivity index (χ0v) is 16.1. The summed E-state index contributed by atoms with van der Waals surface area (Å²) in [7, 11) is 0. The van der Waals surface area contributed by atoms with Gasteiger partial charge in [-0.25, -0.2) is 0 Å². The first kappa shape index (κ1) is 22.4. The molecule has 0 rings (SSSR count). The molecule has 0 aliphatic rings. The number of esters is 1. The Morgan fingerprint density at radius 1 is 0.696 bits per heavy atom. The zero-order valence-electron chi connectivity index (χ0n) is 16.1. The molecular formula is C20H41NO2. The zero-order chi connectivity index (χ0) is 17.2. The van der Waals surface area contributed by atoms with Crippen LogP contribution < -0.4 is 0 Å². The van der Waals surface area contributed by atoms with Crippen molar-refractivity contribution < 1.29 is 9.53 Å². The second-order valence-corrected chi connectivity index (χ2v) is 6.68. The first-order chi connectivity index (χ1) is 11.2. The molecule has 0 unspecified atom stereocenters. The maximum atomic E-state index is 11.9. The van der Waals surface area contributed by atoms with Gasteiger partial charge in [0.25, 0.3) is 0 Å². The van der Waals surface area contributed by atoms with Gasteiger partial charge in [0, 0.05) is 0 Å². The van der Waals surface area contributed by atoms with Crippen LogP contribution in [0.25, 0.3) is 0 Å². The van der Waals surface area contributed by atoms with Crippen LogP contribution in [0, 0.1) is 0 Å². The molecule has 0 fully saturated rings. The number of rotatable bonds is 17. The number of hydrogen-bond acceptors (Lipinski definition) is 3. The van der Waals surface area contributed by atoms with E-state index in [0.29, 0.717) is 13.2 Å². The maximum absolute atomic E-state index is 11.9. The number of nitrogens with zero attached hydrogens (tertiary/aromatic N) is 1. The fourth-order valence-electron chi connectivity index (χ4n) is 2.68. The molecule has 0 saturated heterocycles. The fourth-order valence-corrected chi connectivity index (χ4v) is 2.68. The Hall–Kier alpha value is -0.570. The Kier molecular flexibility index (Phi) is 17.3. The molecule has 0 bridgehead atoms. The van der Waals surface area contributed by atoms with Crippen molar-refractivity contribution in [2.75, 3.05) is 26.2 Å². The van der Waals surface area contributed by atoms with E-state index in [1.165, 1.54) is 57.8 Å². The van der Waals surface area contributed by atoms with Crippen LogP contribution >= 0.6 is 0 Å². The predicted molar refractivity (Wildman–Crippen MR) is 99.8 cm³/mol.